The molecule has 2 amide bonds. The Balaban J connectivity index is 2.10. The fraction of sp³-hybridized carbons (Fsp3) is 0.250. The molecule has 0 saturated carbocycles. The van der Waals surface area contributed by atoms with E-state index < -0.39 is 36.3 Å². The maximum atomic E-state index is 14.1. The average molecular weight is 441 g/mol. The third-order valence-electron chi connectivity index (χ3n) is 4.10. The van der Waals surface area contributed by atoms with Crippen LogP contribution in [-0.2, 0) is 9.53 Å². The van der Waals surface area contributed by atoms with E-state index in [-0.39, 0.29) is 34.6 Å². The summed E-state index contributed by atoms with van der Waals surface area (Å²) in [5.41, 5.74) is 0.100. The van der Waals surface area contributed by atoms with Crippen molar-refractivity contribution >= 4 is 29.2 Å². The summed E-state index contributed by atoms with van der Waals surface area (Å²) in [4.78, 5) is 35.9. The zero-order chi connectivity index (χ0) is 23.2. The molecule has 7 nitrogen and oxygen atoms in total. The third-order valence-corrected chi connectivity index (χ3v) is 4.10. The highest BCUT2D eigenvalue weighted by atomic mass is 19.4. The molecule has 0 bridgehead atoms. The van der Waals surface area contributed by atoms with Gasteiger partial charge in [-0.3, -0.25) is 9.59 Å². The van der Waals surface area contributed by atoms with E-state index in [1.54, 1.807) is 17.4 Å². The molecule has 0 saturated heterocycles. The van der Waals surface area contributed by atoms with Crippen molar-refractivity contribution < 1.29 is 36.7 Å². The molecule has 0 spiro atoms. The fourth-order valence-electron chi connectivity index (χ4n) is 2.53. The normalized spacial score (nSPS) is 10.9. The van der Waals surface area contributed by atoms with Gasteiger partial charge in [-0.1, -0.05) is 12.1 Å². The zero-order valence-corrected chi connectivity index (χ0v) is 16.5. The van der Waals surface area contributed by atoms with E-state index in [0.29, 0.717) is 0 Å². The fourth-order valence-corrected chi connectivity index (χ4v) is 2.53. The van der Waals surface area contributed by atoms with E-state index in [4.69, 9.17) is 0 Å². The minimum Gasteiger partial charge on any atom is -0.465 e. The Morgan fingerprint density at radius 2 is 1.74 bits per heavy atom. The van der Waals surface area contributed by atoms with Crippen LogP contribution < -0.4 is 16.0 Å². The highest BCUT2D eigenvalue weighted by Crippen LogP contribution is 2.22. The zero-order valence-electron chi connectivity index (χ0n) is 16.5. The summed E-state index contributed by atoms with van der Waals surface area (Å²) in [7, 11) is 1.19. The van der Waals surface area contributed by atoms with E-state index in [1.807, 2.05) is 0 Å². The summed E-state index contributed by atoms with van der Waals surface area (Å²) in [6.45, 7) is -0.560. The number of benzene rings is 2. The van der Waals surface area contributed by atoms with Gasteiger partial charge in [0.2, 0.25) is 5.91 Å². The second kappa shape index (κ2) is 9.92. The van der Waals surface area contributed by atoms with E-state index in [1.165, 1.54) is 26.2 Å². The van der Waals surface area contributed by atoms with Crippen molar-refractivity contribution in [1.29, 1.82) is 0 Å². The number of anilines is 2. The van der Waals surface area contributed by atoms with Crippen LogP contribution in [0.1, 0.15) is 26.3 Å². The molecule has 2 rings (SSSR count). The first-order valence-corrected chi connectivity index (χ1v) is 8.88. The number of nitrogens with one attached hydrogen (secondary N) is 3. The second-order valence-corrected chi connectivity index (χ2v) is 6.37. The summed E-state index contributed by atoms with van der Waals surface area (Å²) in [5, 5.41) is 6.79. The molecular formula is C20H19F4N3O4. The molecule has 0 fully saturated rings. The number of hydrogen-bond donors (Lipinski definition) is 3. The molecule has 166 valence electrons. The molecule has 31 heavy (non-hydrogen) atoms. The number of para-hydroxylation sites is 1. The monoisotopic (exact) mass is 441 g/mol. The number of amides is 2. The van der Waals surface area contributed by atoms with Gasteiger partial charge in [-0.05, 0) is 31.2 Å². The van der Waals surface area contributed by atoms with Crippen molar-refractivity contribution in [2.75, 3.05) is 30.8 Å². The Hall–Kier alpha value is -3.63. The summed E-state index contributed by atoms with van der Waals surface area (Å²) in [6.07, 6.45) is -4.61. The quantitative estimate of drug-likeness (QED) is 0.453. The Morgan fingerprint density at radius 1 is 1.06 bits per heavy atom. The lowest BCUT2D eigenvalue weighted by Gasteiger charge is -2.14. The van der Waals surface area contributed by atoms with Crippen LogP contribution in [0, 0.1) is 12.7 Å². The Labute approximate surface area is 174 Å². The summed E-state index contributed by atoms with van der Waals surface area (Å²) < 4.78 is 55.6. The summed E-state index contributed by atoms with van der Waals surface area (Å²) in [5.74, 6) is -3.20. The van der Waals surface area contributed by atoms with Crippen LogP contribution in [-0.4, -0.2) is 44.2 Å². The standard InChI is InChI=1S/C20H19F4N3O4/c1-11-14(21)7-12(18(29)26-10-20(22,23)24)8-16(11)25-9-17(28)27-15-6-4-3-5-13(15)19(30)31-2/h3-8,25H,9-10H2,1-2H3,(H,26,29)(H,27,28). The van der Waals surface area contributed by atoms with Gasteiger partial charge in [-0.2, -0.15) is 13.2 Å². The molecule has 3 N–H and O–H groups in total. The Morgan fingerprint density at radius 3 is 2.39 bits per heavy atom. The van der Waals surface area contributed by atoms with Crippen molar-refractivity contribution in [2.45, 2.75) is 13.1 Å². The Kier molecular flexibility index (Phi) is 7.56. The third kappa shape index (κ3) is 6.69. The van der Waals surface area contributed by atoms with E-state index in [2.05, 4.69) is 15.4 Å². The second-order valence-electron chi connectivity index (χ2n) is 6.37. The Bertz CT molecular complexity index is 993. The van der Waals surface area contributed by atoms with Crippen molar-refractivity contribution in [3.63, 3.8) is 0 Å². The van der Waals surface area contributed by atoms with E-state index >= 15 is 0 Å². The van der Waals surface area contributed by atoms with Gasteiger partial charge >= 0.3 is 12.1 Å². The van der Waals surface area contributed by atoms with Crippen LogP contribution in [0.2, 0.25) is 0 Å². The van der Waals surface area contributed by atoms with Gasteiger partial charge in [0.05, 0.1) is 24.9 Å². The lowest BCUT2D eigenvalue weighted by Crippen LogP contribution is -2.33. The van der Waals surface area contributed by atoms with Crippen LogP contribution in [0.4, 0.5) is 28.9 Å². The number of carbonyl (C=O) groups is 3. The van der Waals surface area contributed by atoms with Gasteiger partial charge in [-0.25, -0.2) is 9.18 Å². The predicted molar refractivity (Wildman–Crippen MR) is 104 cm³/mol. The largest absolute Gasteiger partial charge is 0.465 e. The minimum atomic E-state index is -4.61. The van der Waals surface area contributed by atoms with Gasteiger partial charge in [0.15, 0.2) is 0 Å². The number of rotatable bonds is 7. The van der Waals surface area contributed by atoms with Gasteiger partial charge in [0, 0.05) is 16.8 Å². The average Bonchev–Trinajstić information content (AvgIpc) is 2.72. The highest BCUT2D eigenvalue weighted by molar-refractivity contribution is 6.02. The number of hydrogen-bond acceptors (Lipinski definition) is 5. The lowest BCUT2D eigenvalue weighted by molar-refractivity contribution is -0.123. The molecule has 0 heterocycles. The molecule has 0 aliphatic heterocycles. The van der Waals surface area contributed by atoms with Gasteiger partial charge in [0.1, 0.15) is 12.4 Å². The molecule has 0 aliphatic rings. The van der Waals surface area contributed by atoms with Crippen molar-refractivity contribution in [1.82, 2.24) is 5.32 Å². The summed E-state index contributed by atoms with van der Waals surface area (Å²) in [6, 6.07) is 8.07. The van der Waals surface area contributed by atoms with E-state index in [9.17, 15) is 31.9 Å². The first-order valence-electron chi connectivity index (χ1n) is 8.88. The first kappa shape index (κ1) is 23.6. The smallest absolute Gasteiger partial charge is 0.405 e. The predicted octanol–water partition coefficient (Wildman–Crippen LogP) is 3.26. The molecule has 0 radical (unpaired) electrons. The lowest BCUT2D eigenvalue weighted by atomic mass is 10.1. The molecule has 11 heteroatoms. The van der Waals surface area contributed by atoms with Crippen molar-refractivity contribution in [2.24, 2.45) is 0 Å². The highest BCUT2D eigenvalue weighted by Gasteiger charge is 2.28. The molecule has 0 unspecified atom stereocenters. The van der Waals surface area contributed by atoms with Gasteiger partial charge < -0.3 is 20.7 Å². The molecule has 0 atom stereocenters. The molecular weight excluding hydrogens is 422 g/mol. The van der Waals surface area contributed by atoms with Crippen LogP contribution >= 0.6 is 0 Å². The maximum absolute atomic E-state index is 14.1. The van der Waals surface area contributed by atoms with Crippen LogP contribution in [0.25, 0.3) is 0 Å². The van der Waals surface area contributed by atoms with Gasteiger partial charge in [0.25, 0.3) is 5.91 Å². The molecule has 0 aromatic heterocycles. The summed E-state index contributed by atoms with van der Waals surface area (Å²) >= 11 is 0. The first-order chi connectivity index (χ1) is 14.5. The van der Waals surface area contributed by atoms with E-state index in [0.717, 1.165) is 12.1 Å². The molecule has 2 aromatic rings. The number of carbonyl (C=O) groups excluding carboxylic acids is 3. The van der Waals surface area contributed by atoms with Crippen LogP contribution in [0.15, 0.2) is 36.4 Å². The number of methoxy groups -OCH3 is 1. The minimum absolute atomic E-state index is 0.0496. The number of alkyl halides is 3. The van der Waals surface area contributed by atoms with Crippen LogP contribution in [0.5, 0.6) is 0 Å². The topological polar surface area (TPSA) is 96.5 Å². The van der Waals surface area contributed by atoms with Crippen molar-refractivity contribution in [3.8, 4) is 0 Å². The number of halogens is 4. The molecule has 0 aliphatic carbocycles. The number of ether oxygens (including phenoxy) is 1. The molecule has 2 aromatic carbocycles. The van der Waals surface area contributed by atoms with Crippen molar-refractivity contribution in [3.05, 3.63) is 58.9 Å². The van der Waals surface area contributed by atoms with Crippen LogP contribution in [0.3, 0.4) is 0 Å². The van der Waals surface area contributed by atoms with Gasteiger partial charge in [-0.15, -0.1) is 0 Å². The number of esters is 1. The SMILES string of the molecule is COC(=O)c1ccccc1NC(=O)CNc1cc(C(=O)NCC(F)(F)F)cc(F)c1C. The maximum Gasteiger partial charge on any atom is 0.405 e.